The second kappa shape index (κ2) is 4.67. The molecule has 0 unspecified atom stereocenters. The van der Waals surface area contributed by atoms with Crippen molar-refractivity contribution in [2.45, 2.75) is 32.1 Å². The highest BCUT2D eigenvalue weighted by atomic mass is 16.7. The van der Waals surface area contributed by atoms with E-state index >= 15 is 0 Å². The van der Waals surface area contributed by atoms with Crippen molar-refractivity contribution in [2.75, 3.05) is 13.9 Å². The molecule has 0 heterocycles. The highest BCUT2D eigenvalue weighted by Gasteiger charge is 2.26. The van der Waals surface area contributed by atoms with E-state index in [0.717, 1.165) is 18.1 Å². The van der Waals surface area contributed by atoms with E-state index < -0.39 is 0 Å². The quantitative estimate of drug-likeness (QED) is 0.689. The van der Waals surface area contributed by atoms with E-state index in [4.69, 9.17) is 9.47 Å². The Balaban J connectivity index is 2.23. The summed E-state index contributed by atoms with van der Waals surface area (Å²) >= 11 is 0. The molecule has 1 aromatic rings. The van der Waals surface area contributed by atoms with Gasteiger partial charge in [-0.15, -0.1) is 0 Å². The van der Waals surface area contributed by atoms with Gasteiger partial charge in [-0.2, -0.15) is 0 Å². The van der Waals surface area contributed by atoms with Crippen LogP contribution in [0.5, 0.6) is 5.75 Å². The maximum Gasteiger partial charge on any atom is 0.188 e. The lowest BCUT2D eigenvalue weighted by Gasteiger charge is -2.13. The Labute approximate surface area is 91.2 Å². The van der Waals surface area contributed by atoms with Crippen LogP contribution in [0, 0.1) is 0 Å². The van der Waals surface area contributed by atoms with Gasteiger partial charge in [0.25, 0.3) is 0 Å². The van der Waals surface area contributed by atoms with E-state index in [9.17, 15) is 0 Å². The van der Waals surface area contributed by atoms with Crippen molar-refractivity contribution < 1.29 is 9.47 Å². The lowest BCUT2D eigenvalue weighted by molar-refractivity contribution is 0.0504. The van der Waals surface area contributed by atoms with Gasteiger partial charge in [-0.3, -0.25) is 0 Å². The molecule has 0 saturated heterocycles. The minimum absolute atomic E-state index is 0.334. The van der Waals surface area contributed by atoms with Crippen molar-refractivity contribution in [3.8, 4) is 5.75 Å². The molecule has 0 bridgehead atoms. The molecule has 15 heavy (non-hydrogen) atoms. The molecule has 2 nitrogen and oxygen atoms in total. The van der Waals surface area contributed by atoms with Crippen LogP contribution < -0.4 is 4.74 Å². The second-order valence-corrected chi connectivity index (χ2v) is 4.00. The summed E-state index contributed by atoms with van der Waals surface area (Å²) in [6.07, 6.45) is 3.70. The molecular weight excluding hydrogens is 188 g/mol. The fraction of sp³-hybridized carbons (Fsp3) is 0.538. The Morgan fingerprint density at radius 2 is 2.13 bits per heavy atom. The van der Waals surface area contributed by atoms with Crippen molar-refractivity contribution in [2.24, 2.45) is 0 Å². The third-order valence-electron chi connectivity index (χ3n) is 2.87. The van der Waals surface area contributed by atoms with Crippen molar-refractivity contribution in [1.29, 1.82) is 0 Å². The standard InChI is InChI=1S/C13H18O2/c1-3-11-12(10-7-8-10)5-4-6-13(11)15-9-14-2/h4-6,10H,3,7-9H2,1-2H3. The molecule has 0 aliphatic heterocycles. The van der Waals surface area contributed by atoms with Gasteiger partial charge in [-0.25, -0.2) is 0 Å². The van der Waals surface area contributed by atoms with Crippen LogP contribution >= 0.6 is 0 Å². The monoisotopic (exact) mass is 206 g/mol. The van der Waals surface area contributed by atoms with Gasteiger partial charge in [0.1, 0.15) is 5.75 Å². The lowest BCUT2D eigenvalue weighted by atomic mass is 10.0. The van der Waals surface area contributed by atoms with Gasteiger partial charge in [0.05, 0.1) is 0 Å². The highest BCUT2D eigenvalue weighted by Crippen LogP contribution is 2.43. The van der Waals surface area contributed by atoms with Crippen LogP contribution in [-0.4, -0.2) is 13.9 Å². The van der Waals surface area contributed by atoms with Gasteiger partial charge < -0.3 is 9.47 Å². The van der Waals surface area contributed by atoms with E-state index in [1.807, 2.05) is 6.07 Å². The first-order chi connectivity index (χ1) is 7.36. The molecule has 1 fully saturated rings. The molecule has 0 atom stereocenters. The molecule has 1 aliphatic rings. The van der Waals surface area contributed by atoms with Gasteiger partial charge in [0.2, 0.25) is 0 Å². The summed E-state index contributed by atoms with van der Waals surface area (Å²) in [5, 5.41) is 0. The van der Waals surface area contributed by atoms with E-state index in [-0.39, 0.29) is 0 Å². The summed E-state index contributed by atoms with van der Waals surface area (Å²) in [5.74, 6) is 1.77. The molecular formula is C13H18O2. The second-order valence-electron chi connectivity index (χ2n) is 4.00. The van der Waals surface area contributed by atoms with Crippen LogP contribution in [-0.2, 0) is 11.2 Å². The Hall–Kier alpha value is -1.02. The van der Waals surface area contributed by atoms with Gasteiger partial charge in [0.15, 0.2) is 6.79 Å². The number of methoxy groups -OCH3 is 1. The van der Waals surface area contributed by atoms with Crippen LogP contribution in [0.3, 0.4) is 0 Å². The van der Waals surface area contributed by atoms with E-state index in [1.165, 1.54) is 24.0 Å². The van der Waals surface area contributed by atoms with E-state index in [0.29, 0.717) is 6.79 Å². The summed E-state index contributed by atoms with van der Waals surface area (Å²) in [7, 11) is 1.65. The molecule has 2 rings (SSSR count). The Morgan fingerprint density at radius 3 is 2.73 bits per heavy atom. The maximum absolute atomic E-state index is 5.57. The van der Waals surface area contributed by atoms with E-state index in [1.54, 1.807) is 7.11 Å². The molecule has 1 aliphatic carbocycles. The summed E-state index contributed by atoms with van der Waals surface area (Å²) < 4.78 is 10.5. The number of ether oxygens (including phenoxy) is 2. The van der Waals surface area contributed by atoms with Crippen molar-refractivity contribution >= 4 is 0 Å². The average molecular weight is 206 g/mol. The zero-order valence-corrected chi connectivity index (χ0v) is 9.45. The molecule has 82 valence electrons. The van der Waals surface area contributed by atoms with Crippen LogP contribution in [0.25, 0.3) is 0 Å². The van der Waals surface area contributed by atoms with Crippen molar-refractivity contribution in [3.63, 3.8) is 0 Å². The Kier molecular flexibility index (Phi) is 3.27. The number of rotatable bonds is 5. The first-order valence-corrected chi connectivity index (χ1v) is 5.60. The smallest absolute Gasteiger partial charge is 0.188 e. The summed E-state index contributed by atoms with van der Waals surface area (Å²) in [5.41, 5.74) is 2.84. The molecule has 0 radical (unpaired) electrons. The Bertz CT molecular complexity index is 329. The van der Waals surface area contributed by atoms with Gasteiger partial charge in [0, 0.05) is 7.11 Å². The minimum atomic E-state index is 0.334. The molecule has 0 spiro atoms. The number of hydrogen-bond donors (Lipinski definition) is 0. The first kappa shape index (κ1) is 10.5. The largest absolute Gasteiger partial charge is 0.467 e. The molecule has 2 heteroatoms. The summed E-state index contributed by atoms with van der Waals surface area (Å²) in [6.45, 7) is 2.52. The van der Waals surface area contributed by atoms with Gasteiger partial charge >= 0.3 is 0 Å². The van der Waals surface area contributed by atoms with Gasteiger partial charge in [-0.05, 0) is 42.4 Å². The van der Waals surface area contributed by atoms with Gasteiger partial charge in [-0.1, -0.05) is 19.1 Å². The van der Waals surface area contributed by atoms with Crippen LogP contribution in [0.2, 0.25) is 0 Å². The zero-order valence-electron chi connectivity index (χ0n) is 9.45. The molecule has 0 N–H and O–H groups in total. The summed E-state index contributed by atoms with van der Waals surface area (Å²) in [6, 6.07) is 6.34. The van der Waals surface area contributed by atoms with Crippen LogP contribution in [0.1, 0.15) is 36.8 Å². The lowest BCUT2D eigenvalue weighted by Crippen LogP contribution is -2.03. The zero-order chi connectivity index (χ0) is 10.7. The van der Waals surface area contributed by atoms with Crippen molar-refractivity contribution in [3.05, 3.63) is 29.3 Å². The fourth-order valence-corrected chi connectivity index (χ4v) is 2.00. The van der Waals surface area contributed by atoms with Crippen LogP contribution in [0.15, 0.2) is 18.2 Å². The molecule has 1 aromatic carbocycles. The highest BCUT2D eigenvalue weighted by molar-refractivity contribution is 5.43. The number of benzene rings is 1. The van der Waals surface area contributed by atoms with E-state index in [2.05, 4.69) is 19.1 Å². The number of hydrogen-bond acceptors (Lipinski definition) is 2. The predicted octanol–water partition coefficient (Wildman–Crippen LogP) is 3.11. The van der Waals surface area contributed by atoms with Crippen molar-refractivity contribution in [1.82, 2.24) is 0 Å². The average Bonchev–Trinajstić information content (AvgIpc) is 3.09. The van der Waals surface area contributed by atoms with Crippen LogP contribution in [0.4, 0.5) is 0 Å². The Morgan fingerprint density at radius 1 is 1.33 bits per heavy atom. The minimum Gasteiger partial charge on any atom is -0.467 e. The third-order valence-corrected chi connectivity index (χ3v) is 2.87. The maximum atomic E-state index is 5.57. The predicted molar refractivity (Wildman–Crippen MR) is 60.3 cm³/mol. The SMILES string of the molecule is CCc1c(OCOC)cccc1C1CC1. The molecule has 1 saturated carbocycles. The normalized spacial score (nSPS) is 15.3. The third kappa shape index (κ3) is 2.32. The summed E-state index contributed by atoms with van der Waals surface area (Å²) in [4.78, 5) is 0. The first-order valence-electron chi connectivity index (χ1n) is 5.60. The molecule has 0 amide bonds. The molecule has 0 aromatic heterocycles. The fourth-order valence-electron chi connectivity index (χ4n) is 2.00. The topological polar surface area (TPSA) is 18.5 Å².